The molecule has 0 saturated carbocycles. The quantitative estimate of drug-likeness (QED) is 0.453. The molecule has 0 aromatic heterocycles. The van der Waals surface area contributed by atoms with Crippen molar-refractivity contribution in [2.75, 3.05) is 6.61 Å². The van der Waals surface area contributed by atoms with Gasteiger partial charge < -0.3 is 21.3 Å². The lowest BCUT2D eigenvalue weighted by Gasteiger charge is -2.17. The van der Waals surface area contributed by atoms with Crippen LogP contribution in [0.4, 0.5) is 0 Å². The highest BCUT2D eigenvalue weighted by molar-refractivity contribution is 5.86. The Labute approximate surface area is 88.5 Å². The van der Waals surface area contributed by atoms with E-state index in [1.807, 2.05) is 13.8 Å². The van der Waals surface area contributed by atoms with Gasteiger partial charge in [0.15, 0.2) is 0 Å². The minimum Gasteiger partial charge on any atom is -0.480 e. The minimum absolute atomic E-state index is 0.253. The number of nitrogens with one attached hydrogen (secondary N) is 1. The van der Waals surface area contributed by atoms with Crippen molar-refractivity contribution in [3.63, 3.8) is 0 Å². The highest BCUT2D eigenvalue weighted by Crippen LogP contribution is 2.02. The van der Waals surface area contributed by atoms with Crippen LogP contribution in [0.1, 0.15) is 20.3 Å². The molecule has 6 nitrogen and oxygen atoms in total. The summed E-state index contributed by atoms with van der Waals surface area (Å²) in [7, 11) is 0. The number of hydrogen-bond acceptors (Lipinski definition) is 4. The number of hydrogen-bond donors (Lipinski definition) is 4. The molecule has 0 saturated heterocycles. The lowest BCUT2D eigenvalue weighted by atomic mass is 10.0. The molecule has 0 aromatic carbocycles. The smallest absolute Gasteiger partial charge is 0.328 e. The number of carboxylic acids is 1. The average molecular weight is 218 g/mol. The fourth-order valence-corrected chi connectivity index (χ4v) is 1.08. The summed E-state index contributed by atoms with van der Waals surface area (Å²) < 4.78 is 0. The van der Waals surface area contributed by atoms with E-state index >= 15 is 0 Å². The first-order valence-corrected chi connectivity index (χ1v) is 4.78. The van der Waals surface area contributed by atoms with Gasteiger partial charge >= 0.3 is 5.97 Å². The predicted octanol–water partition coefficient (Wildman–Crippen LogP) is -1.08. The SMILES string of the molecule is CC(C)C[C@H](N)C(=O)NC(CO)C(=O)O. The van der Waals surface area contributed by atoms with E-state index in [9.17, 15) is 9.59 Å². The van der Waals surface area contributed by atoms with Crippen LogP contribution in [0.3, 0.4) is 0 Å². The normalized spacial score (nSPS) is 14.7. The third-order valence-electron chi connectivity index (χ3n) is 1.86. The second-order valence-corrected chi connectivity index (χ2v) is 3.82. The van der Waals surface area contributed by atoms with E-state index in [0.29, 0.717) is 6.42 Å². The first-order valence-electron chi connectivity index (χ1n) is 4.78. The highest BCUT2D eigenvalue weighted by atomic mass is 16.4. The Bertz CT molecular complexity index is 230. The summed E-state index contributed by atoms with van der Waals surface area (Å²) in [6.07, 6.45) is 0.476. The summed E-state index contributed by atoms with van der Waals surface area (Å²) in [6.45, 7) is 3.18. The van der Waals surface area contributed by atoms with E-state index in [1.54, 1.807) is 0 Å². The molecule has 2 atom stereocenters. The van der Waals surface area contributed by atoms with E-state index in [2.05, 4.69) is 5.32 Å². The van der Waals surface area contributed by atoms with Gasteiger partial charge in [-0.2, -0.15) is 0 Å². The van der Waals surface area contributed by atoms with Gasteiger partial charge in [0.1, 0.15) is 6.04 Å². The van der Waals surface area contributed by atoms with E-state index in [4.69, 9.17) is 15.9 Å². The van der Waals surface area contributed by atoms with E-state index in [1.165, 1.54) is 0 Å². The molecule has 1 amide bonds. The number of rotatable bonds is 6. The summed E-state index contributed by atoms with van der Waals surface area (Å²) in [6, 6.07) is -2.02. The van der Waals surface area contributed by atoms with E-state index < -0.39 is 30.6 Å². The molecule has 0 aliphatic carbocycles. The standard InChI is InChI=1S/C9H18N2O4/c1-5(2)3-6(10)8(13)11-7(4-12)9(14)15/h5-7,12H,3-4,10H2,1-2H3,(H,11,13)(H,14,15)/t6-,7?/m0/s1. The predicted molar refractivity (Wildman–Crippen MR) is 54.1 cm³/mol. The van der Waals surface area contributed by atoms with Gasteiger partial charge in [0.05, 0.1) is 12.6 Å². The van der Waals surface area contributed by atoms with Crippen molar-refractivity contribution in [1.29, 1.82) is 0 Å². The number of carboxylic acid groups (broad SMARTS) is 1. The van der Waals surface area contributed by atoms with Crippen LogP contribution in [-0.4, -0.2) is 40.8 Å². The molecule has 0 aliphatic heterocycles. The Balaban J connectivity index is 4.16. The molecule has 15 heavy (non-hydrogen) atoms. The monoisotopic (exact) mass is 218 g/mol. The molecule has 0 aliphatic rings. The summed E-state index contributed by atoms with van der Waals surface area (Å²) in [5.41, 5.74) is 5.53. The summed E-state index contributed by atoms with van der Waals surface area (Å²) in [4.78, 5) is 21.8. The third-order valence-corrected chi connectivity index (χ3v) is 1.86. The van der Waals surface area contributed by atoms with Crippen molar-refractivity contribution in [3.8, 4) is 0 Å². The van der Waals surface area contributed by atoms with Gasteiger partial charge in [-0.05, 0) is 12.3 Å². The number of amides is 1. The van der Waals surface area contributed by atoms with Crippen LogP contribution < -0.4 is 11.1 Å². The molecule has 1 unspecified atom stereocenters. The maximum Gasteiger partial charge on any atom is 0.328 e. The fourth-order valence-electron chi connectivity index (χ4n) is 1.08. The number of carbonyl (C=O) groups is 2. The number of aliphatic carboxylic acids is 1. The highest BCUT2D eigenvalue weighted by Gasteiger charge is 2.22. The van der Waals surface area contributed by atoms with Gasteiger partial charge in [-0.15, -0.1) is 0 Å². The van der Waals surface area contributed by atoms with Crippen LogP contribution in [0.15, 0.2) is 0 Å². The van der Waals surface area contributed by atoms with Gasteiger partial charge in [0.2, 0.25) is 5.91 Å². The Kier molecular flexibility index (Phi) is 5.88. The van der Waals surface area contributed by atoms with Crippen molar-refractivity contribution in [3.05, 3.63) is 0 Å². The maximum absolute atomic E-state index is 11.3. The van der Waals surface area contributed by atoms with Crippen molar-refractivity contribution < 1.29 is 19.8 Å². The first kappa shape index (κ1) is 13.9. The molecule has 88 valence electrons. The Hall–Kier alpha value is -1.14. The third kappa shape index (κ3) is 5.34. The van der Waals surface area contributed by atoms with Crippen LogP contribution in [0, 0.1) is 5.92 Å². The zero-order valence-electron chi connectivity index (χ0n) is 8.93. The van der Waals surface area contributed by atoms with Crippen molar-refractivity contribution in [1.82, 2.24) is 5.32 Å². The molecule has 0 radical (unpaired) electrons. The van der Waals surface area contributed by atoms with Crippen LogP contribution in [0.2, 0.25) is 0 Å². The molecular formula is C9H18N2O4. The summed E-state index contributed by atoms with van der Waals surface area (Å²) >= 11 is 0. The largest absolute Gasteiger partial charge is 0.480 e. The topological polar surface area (TPSA) is 113 Å². The lowest BCUT2D eigenvalue weighted by Crippen LogP contribution is -2.50. The molecular weight excluding hydrogens is 200 g/mol. The Morgan fingerprint density at radius 1 is 1.40 bits per heavy atom. The second-order valence-electron chi connectivity index (χ2n) is 3.82. The van der Waals surface area contributed by atoms with Gasteiger partial charge in [-0.3, -0.25) is 4.79 Å². The Morgan fingerprint density at radius 3 is 2.27 bits per heavy atom. The fraction of sp³-hybridized carbons (Fsp3) is 0.778. The van der Waals surface area contributed by atoms with Crippen LogP contribution in [0.5, 0.6) is 0 Å². The number of aliphatic hydroxyl groups is 1. The lowest BCUT2D eigenvalue weighted by molar-refractivity contribution is -0.143. The zero-order valence-corrected chi connectivity index (χ0v) is 8.93. The molecule has 0 heterocycles. The van der Waals surface area contributed by atoms with Gasteiger partial charge in [0, 0.05) is 0 Å². The molecule has 0 rings (SSSR count). The molecule has 0 spiro atoms. The van der Waals surface area contributed by atoms with Crippen molar-refractivity contribution in [2.24, 2.45) is 11.7 Å². The van der Waals surface area contributed by atoms with Crippen LogP contribution in [-0.2, 0) is 9.59 Å². The molecule has 6 heteroatoms. The van der Waals surface area contributed by atoms with E-state index in [-0.39, 0.29) is 5.92 Å². The van der Waals surface area contributed by atoms with Crippen molar-refractivity contribution >= 4 is 11.9 Å². The summed E-state index contributed by atoms with van der Waals surface area (Å²) in [5, 5.41) is 19.4. The molecule has 0 bridgehead atoms. The second kappa shape index (κ2) is 6.36. The maximum atomic E-state index is 11.3. The summed E-state index contributed by atoms with van der Waals surface area (Å²) in [5.74, 6) is -1.57. The van der Waals surface area contributed by atoms with Crippen LogP contribution in [0.25, 0.3) is 0 Å². The average Bonchev–Trinajstić information content (AvgIpc) is 2.11. The number of aliphatic hydroxyl groups excluding tert-OH is 1. The first-order chi connectivity index (χ1) is 6.88. The minimum atomic E-state index is -1.28. The molecule has 5 N–H and O–H groups in total. The number of nitrogens with two attached hydrogens (primary N) is 1. The van der Waals surface area contributed by atoms with Crippen molar-refractivity contribution in [2.45, 2.75) is 32.4 Å². The van der Waals surface area contributed by atoms with Gasteiger partial charge in [0.25, 0.3) is 0 Å². The van der Waals surface area contributed by atoms with Gasteiger partial charge in [-0.25, -0.2) is 4.79 Å². The molecule has 0 aromatic rings. The van der Waals surface area contributed by atoms with E-state index in [0.717, 1.165) is 0 Å². The number of carbonyl (C=O) groups excluding carboxylic acids is 1. The van der Waals surface area contributed by atoms with Crippen LogP contribution >= 0.6 is 0 Å². The van der Waals surface area contributed by atoms with Gasteiger partial charge in [-0.1, -0.05) is 13.8 Å². The molecule has 0 fully saturated rings. The zero-order chi connectivity index (χ0) is 12.0. The Morgan fingerprint density at radius 2 is 1.93 bits per heavy atom.